The Bertz CT molecular complexity index is 4710. The minimum atomic E-state index is -0.440. The van der Waals surface area contributed by atoms with Crippen LogP contribution in [0, 0.1) is 0 Å². The number of benzene rings is 8. The fraction of sp³-hybridized carbons (Fsp3) is 0. The van der Waals surface area contributed by atoms with Gasteiger partial charge in [-0.05, 0) is 27.7 Å². The van der Waals surface area contributed by atoms with Crippen LogP contribution >= 0.6 is 0 Å². The molecule has 0 aliphatic heterocycles. The molecule has 0 aliphatic carbocycles. The highest BCUT2D eigenvalue weighted by Gasteiger charge is 2.33. The molecule has 0 bridgehead atoms. The van der Waals surface area contributed by atoms with Gasteiger partial charge in [-0.3, -0.25) is 0 Å². The van der Waals surface area contributed by atoms with Gasteiger partial charge in [0, 0.05) is 44.5 Å². The largest absolute Gasteiger partial charge is 0.457 e. The van der Waals surface area contributed by atoms with Crippen molar-refractivity contribution in [2.45, 2.75) is 0 Å². The fourth-order valence-electron chi connectivity index (χ4n) is 10.9. The molecule has 8 aromatic carbocycles. The lowest BCUT2D eigenvalue weighted by molar-refractivity contribution is 0.675. The third-order valence-corrected chi connectivity index (χ3v) is 16.1. The SMILES string of the molecule is [B]c1c([B])c([B])c(-c2nc(-c3c([B])c([B])c([B])c([B])c3[B])nc(-c3c([B])c([B])c([B])c4oc5c([B])c(-c6c([B])c([B])c(N(c7c([B])c([B])c([B])c([B])c7[B])c7c([B])c([B])c(-c8c([B])c([B])c([B])c([B])c8[B])c([B])c7[B])c([B])c6[B])c([B])c([B])c5c34)n2)c([B])c1[B]. The molecule has 0 aliphatic rings. The van der Waals surface area contributed by atoms with Crippen molar-refractivity contribution in [3.05, 3.63) is 0 Å². The van der Waals surface area contributed by atoms with E-state index in [0.717, 1.165) is 4.90 Å². The van der Waals surface area contributed by atoms with E-state index in [1.54, 1.807) is 0 Å². The van der Waals surface area contributed by atoms with Crippen LogP contribution in [0.15, 0.2) is 4.42 Å². The highest BCUT2D eigenvalue weighted by molar-refractivity contribution is 6.76. The summed E-state index contributed by atoms with van der Waals surface area (Å²) in [6.45, 7) is 0. The van der Waals surface area contributed by atoms with Gasteiger partial charge in [-0.15, -0.1) is 71.0 Å². The molecule has 0 N–H and O–H groups in total. The van der Waals surface area contributed by atoms with Crippen molar-refractivity contribution in [3.8, 4) is 56.4 Å². The first kappa shape index (κ1) is 67.5. The van der Waals surface area contributed by atoms with E-state index in [1.165, 1.54) is 0 Å². The van der Waals surface area contributed by atoms with Crippen molar-refractivity contribution >= 4 is 492 Å². The molecule has 332 valence electrons. The Morgan fingerprint density at radius 3 is 0.667 bits per heavy atom. The molecule has 5 nitrogen and oxygen atoms in total. The van der Waals surface area contributed by atoms with Gasteiger partial charge in [-0.1, -0.05) is 109 Å². The van der Waals surface area contributed by atoms with Crippen LogP contribution < -0.4 is 191 Å². The molecule has 0 unspecified atom stereocenters. The minimum Gasteiger partial charge on any atom is -0.457 e. The van der Waals surface area contributed by atoms with Crippen LogP contribution in [0.4, 0.5) is 17.1 Å². The maximum Gasteiger partial charge on any atom is 0.164 e. The number of aromatic nitrogens is 3. The van der Waals surface area contributed by atoms with Gasteiger partial charge >= 0.3 is 0 Å². The smallest absolute Gasteiger partial charge is 0.164 e. The summed E-state index contributed by atoms with van der Waals surface area (Å²) in [6, 6.07) is 0. The third-order valence-electron chi connectivity index (χ3n) is 16.1. The molecule has 68 radical (unpaired) electrons. The number of anilines is 3. The van der Waals surface area contributed by atoms with Crippen LogP contribution in [-0.2, 0) is 0 Å². The molecule has 0 fully saturated rings. The van der Waals surface area contributed by atoms with Crippen molar-refractivity contribution in [2.75, 3.05) is 4.90 Å². The Hall–Kier alpha value is -5.42. The van der Waals surface area contributed by atoms with Crippen LogP contribution in [0.2, 0.25) is 0 Å². The van der Waals surface area contributed by atoms with Gasteiger partial charge in [0.2, 0.25) is 0 Å². The Balaban J connectivity index is 1.28. The Morgan fingerprint density at radius 2 is 0.356 bits per heavy atom. The number of hydrogen-bond donors (Lipinski definition) is 0. The van der Waals surface area contributed by atoms with E-state index in [9.17, 15) is 0 Å². The van der Waals surface area contributed by atoms with Gasteiger partial charge < -0.3 is 9.32 Å². The van der Waals surface area contributed by atoms with E-state index in [-0.39, 0.29) is 259 Å². The molecule has 0 amide bonds. The van der Waals surface area contributed by atoms with Gasteiger partial charge in [0.05, 0.1) is 0 Å². The second-order valence-corrected chi connectivity index (χ2v) is 20.9. The van der Waals surface area contributed by atoms with Crippen molar-refractivity contribution in [3.63, 3.8) is 0 Å². The summed E-state index contributed by atoms with van der Waals surface area (Å²) in [7, 11) is 226. The molecule has 90 heavy (non-hydrogen) atoms. The molecule has 39 heteroatoms. The summed E-state index contributed by atoms with van der Waals surface area (Å²) >= 11 is 0. The Labute approximate surface area is 568 Å². The topological polar surface area (TPSA) is 55.1 Å². The maximum absolute atomic E-state index is 7.16. The summed E-state index contributed by atoms with van der Waals surface area (Å²) in [4.78, 5) is 15.3. The van der Waals surface area contributed by atoms with E-state index in [2.05, 4.69) is 4.98 Å². The second kappa shape index (κ2) is 23.9. The maximum atomic E-state index is 7.16. The van der Waals surface area contributed by atoms with E-state index >= 15 is 0 Å². The molecular formula is C51B34N4O. The summed E-state index contributed by atoms with van der Waals surface area (Å²) in [5.41, 5.74) is -11.5. The Morgan fingerprint density at radius 1 is 0.167 bits per heavy atom. The standard InChI is InChI=1S/C51B34N4O/c52-10-5(4-15(57)39(81)45(40(82)16(4)58)89(46-41(83)35(77)34(76)36(78)42(46)84)44-37(79)13(55)3(14(56)38(44)80)2-11(53)24(66)31(73)25(67)12(2)54)23(65)48-6(17(10)59)1-7(18(60)30(72)43(85)47(1)90-48)49-86-50(8-19(61)26(68)32(74)27(69)20(8)62)88-51(87-49)9-21(63)28(70)33(75)29(71)22(9)64. The molecular weight excluding hydrogens is 1050 g/mol. The predicted molar refractivity (Wildman–Crippen MR) is 412 cm³/mol. The minimum absolute atomic E-state index is 0.0501. The number of fused-ring (bicyclic) bond motifs is 3. The normalized spacial score (nSPS) is 11.5. The van der Waals surface area contributed by atoms with Gasteiger partial charge in [0.1, 0.15) is 278 Å². The van der Waals surface area contributed by atoms with Gasteiger partial charge in [0.25, 0.3) is 0 Å². The quantitative estimate of drug-likeness (QED) is 0.142. The first-order valence-corrected chi connectivity index (χ1v) is 25.7. The van der Waals surface area contributed by atoms with Crippen LogP contribution in [0.3, 0.4) is 0 Å². The van der Waals surface area contributed by atoms with Crippen molar-refractivity contribution in [1.29, 1.82) is 0 Å². The molecule has 10 rings (SSSR count). The molecule has 2 aromatic heterocycles. The monoisotopic (exact) mass is 1060 g/mol. The highest BCUT2D eigenvalue weighted by Crippen LogP contribution is 2.34. The molecule has 10 aromatic rings. The second-order valence-electron chi connectivity index (χ2n) is 20.9. The average molecular weight is 1050 g/mol. The van der Waals surface area contributed by atoms with Crippen molar-refractivity contribution in [1.82, 2.24) is 15.0 Å². The van der Waals surface area contributed by atoms with E-state index in [0.29, 0.717) is 0 Å². The zero-order chi connectivity index (χ0) is 66.9. The lowest BCUT2D eigenvalue weighted by Crippen LogP contribution is -2.59. The summed E-state index contributed by atoms with van der Waals surface area (Å²) in [5, 5.41) is -0.116. The zero-order valence-electron chi connectivity index (χ0n) is 47.3. The van der Waals surface area contributed by atoms with E-state index in [1.807, 2.05) is 0 Å². The first-order chi connectivity index (χ1) is 41.9. The average Bonchev–Trinajstić information content (AvgIpc) is 1.43. The van der Waals surface area contributed by atoms with Crippen LogP contribution in [0.1, 0.15) is 0 Å². The van der Waals surface area contributed by atoms with Gasteiger partial charge in [-0.2, -0.15) is 0 Å². The molecule has 0 saturated carbocycles. The Kier molecular flexibility index (Phi) is 17.9. The number of nitrogens with zero attached hydrogens (tertiary/aromatic N) is 4. The summed E-state index contributed by atoms with van der Waals surface area (Å²) in [6.07, 6.45) is 0. The first-order valence-electron chi connectivity index (χ1n) is 25.7. The summed E-state index contributed by atoms with van der Waals surface area (Å²) < 4.78 is 6.54. The number of rotatable bonds is 8. The predicted octanol–water partition coefficient (Wildman–Crippen LogP) is -27.4. The van der Waals surface area contributed by atoms with Crippen molar-refractivity contribution in [2.24, 2.45) is 0 Å². The van der Waals surface area contributed by atoms with Crippen molar-refractivity contribution < 1.29 is 4.42 Å². The fourth-order valence-corrected chi connectivity index (χ4v) is 10.9. The van der Waals surface area contributed by atoms with Gasteiger partial charge in [-0.25, -0.2) is 15.0 Å². The number of hydrogen-bond acceptors (Lipinski definition) is 5. The van der Waals surface area contributed by atoms with Crippen LogP contribution in [-0.4, -0.2) is 282 Å². The lowest BCUT2D eigenvalue weighted by Gasteiger charge is -2.40. The molecule has 2 heterocycles. The third kappa shape index (κ3) is 9.65. The number of furan rings is 1. The van der Waals surface area contributed by atoms with Crippen LogP contribution in [0.5, 0.6) is 0 Å². The van der Waals surface area contributed by atoms with Gasteiger partial charge in [0.15, 0.2) is 17.5 Å². The molecule has 0 spiro atoms. The van der Waals surface area contributed by atoms with E-state index < -0.39 is 21.9 Å². The highest BCUT2D eigenvalue weighted by atomic mass is 16.3. The lowest BCUT2D eigenvalue weighted by atomic mass is 9.56. The summed E-state index contributed by atoms with van der Waals surface area (Å²) in [5.74, 6) is -0.991. The van der Waals surface area contributed by atoms with Crippen LogP contribution in [0.25, 0.3) is 78.4 Å². The molecule has 0 atom stereocenters. The molecule has 0 saturated heterocycles. The van der Waals surface area contributed by atoms with E-state index in [4.69, 9.17) is 281 Å². The zero-order valence-corrected chi connectivity index (χ0v) is 47.3.